The van der Waals surface area contributed by atoms with E-state index in [0.29, 0.717) is 42.7 Å². The van der Waals surface area contributed by atoms with E-state index >= 15 is 0 Å². The molecule has 5 nitrogen and oxygen atoms in total. The van der Waals surface area contributed by atoms with Crippen molar-refractivity contribution in [1.82, 2.24) is 4.98 Å². The highest BCUT2D eigenvalue weighted by molar-refractivity contribution is 8.01. The minimum Gasteiger partial charge on any atom is -0.494 e. The number of fused-ring (bicyclic) bond motifs is 9. The molecule has 1 fully saturated rings. The highest BCUT2D eigenvalue weighted by Crippen LogP contribution is 2.60. The Morgan fingerprint density at radius 2 is 1.76 bits per heavy atom. The van der Waals surface area contributed by atoms with Crippen LogP contribution in [0.1, 0.15) is 92.3 Å². The minimum absolute atomic E-state index is 0.0168. The van der Waals surface area contributed by atoms with Gasteiger partial charge in [-0.3, -0.25) is 4.79 Å². The Kier molecular flexibility index (Phi) is 10.5. The number of hydrogen-bond acceptors (Lipinski definition) is 7. The number of rotatable bonds is 8. The largest absolute Gasteiger partial charge is 0.494 e. The predicted octanol–water partition coefficient (Wildman–Crippen LogP) is 10.4. The molecule has 2 bridgehead atoms. The van der Waals surface area contributed by atoms with Crippen LogP contribution in [-0.4, -0.2) is 45.0 Å². The van der Waals surface area contributed by atoms with Gasteiger partial charge in [0.2, 0.25) is 0 Å². The van der Waals surface area contributed by atoms with Crippen molar-refractivity contribution in [3.63, 3.8) is 0 Å². The van der Waals surface area contributed by atoms with E-state index in [1.165, 1.54) is 5.57 Å². The van der Waals surface area contributed by atoms with Crippen LogP contribution in [0.25, 0.3) is 21.3 Å². The molecule has 7 heteroatoms. The second-order valence-electron chi connectivity index (χ2n) is 14.6. The Morgan fingerprint density at radius 1 is 0.980 bits per heavy atom. The zero-order valence-corrected chi connectivity index (χ0v) is 31.4. The maximum absolute atomic E-state index is 14.5. The monoisotopic (exact) mass is 717 g/mol. The maximum atomic E-state index is 14.5. The Bertz CT molecular complexity index is 2040. The fourth-order valence-electron chi connectivity index (χ4n) is 8.16. The summed E-state index contributed by atoms with van der Waals surface area (Å²) in [7, 11) is 0. The van der Waals surface area contributed by atoms with Crippen LogP contribution in [0.15, 0.2) is 107 Å². The molecule has 0 unspecified atom stereocenters. The van der Waals surface area contributed by atoms with Gasteiger partial charge >= 0.3 is 0 Å². The summed E-state index contributed by atoms with van der Waals surface area (Å²) in [5.41, 5.74) is 6.20. The first-order chi connectivity index (χ1) is 24.7. The second kappa shape index (κ2) is 15.1. The molecule has 0 saturated heterocycles. The first-order valence-corrected chi connectivity index (χ1v) is 20.0. The number of aromatic nitrogens is 1. The zero-order valence-electron chi connectivity index (χ0n) is 29.7. The van der Waals surface area contributed by atoms with E-state index in [4.69, 9.17) is 9.72 Å². The first-order valence-electron chi connectivity index (χ1n) is 18.2. The predicted molar refractivity (Wildman–Crippen MR) is 210 cm³/mol. The molecular weight excluding hydrogens is 671 g/mol. The van der Waals surface area contributed by atoms with Gasteiger partial charge in [-0.2, -0.15) is 0 Å². The van der Waals surface area contributed by atoms with Crippen LogP contribution in [0.4, 0.5) is 0 Å². The molecule has 0 spiro atoms. The molecule has 2 N–H and O–H groups in total. The van der Waals surface area contributed by atoms with Crippen LogP contribution in [0.5, 0.6) is 5.75 Å². The maximum Gasteiger partial charge on any atom is 0.193 e. The number of carbonyl (C=O) groups excluding carboxylic acids is 1. The van der Waals surface area contributed by atoms with Gasteiger partial charge in [0.05, 0.1) is 28.5 Å². The van der Waals surface area contributed by atoms with Gasteiger partial charge in [0.25, 0.3) is 0 Å². The van der Waals surface area contributed by atoms with Crippen molar-refractivity contribution in [2.24, 2.45) is 5.41 Å². The van der Waals surface area contributed by atoms with E-state index in [1.54, 1.807) is 23.1 Å². The lowest BCUT2D eigenvalue weighted by atomic mass is 9.65. The van der Waals surface area contributed by atoms with Crippen molar-refractivity contribution in [3.8, 4) is 16.9 Å². The Balaban J connectivity index is 1.23. The lowest BCUT2D eigenvalue weighted by Gasteiger charge is -2.44. The van der Waals surface area contributed by atoms with Crippen molar-refractivity contribution < 1.29 is 19.7 Å². The van der Waals surface area contributed by atoms with Crippen molar-refractivity contribution in [2.45, 2.75) is 87.7 Å². The number of thioether (sulfide) groups is 1. The quantitative estimate of drug-likeness (QED) is 0.0945. The highest BCUT2D eigenvalue weighted by atomic mass is 32.2. The summed E-state index contributed by atoms with van der Waals surface area (Å²) >= 11 is 3.28. The summed E-state index contributed by atoms with van der Waals surface area (Å²) in [4.78, 5) is 19.4. The average Bonchev–Trinajstić information content (AvgIpc) is 3.67. The van der Waals surface area contributed by atoms with Crippen LogP contribution in [0.2, 0.25) is 0 Å². The molecule has 51 heavy (non-hydrogen) atoms. The van der Waals surface area contributed by atoms with Crippen molar-refractivity contribution in [2.75, 3.05) is 12.4 Å². The average molecular weight is 718 g/mol. The van der Waals surface area contributed by atoms with Gasteiger partial charge in [0.15, 0.2) is 10.1 Å². The molecule has 5 aromatic rings. The van der Waals surface area contributed by atoms with E-state index in [1.807, 2.05) is 73.7 Å². The SMILES string of the molecule is CCOc1ccc2nc(SC[C@]3(O)CC[C@H]4c5ccc(cc5C(=O)c5ccc(-c6ccccc6)cc5)C[C@@H](O)CCC(C)=CCC[C@@]43C)sc2c1. The molecular formula is C44H47NO4S2. The Labute approximate surface area is 309 Å². The first kappa shape index (κ1) is 35.6. The molecule has 1 heterocycles. The summed E-state index contributed by atoms with van der Waals surface area (Å²) in [6.45, 7) is 6.99. The molecule has 8 rings (SSSR count). The fourth-order valence-corrected chi connectivity index (χ4v) is 10.6. The zero-order chi connectivity index (χ0) is 35.6. The summed E-state index contributed by atoms with van der Waals surface area (Å²) in [5, 5.41) is 23.7. The molecule has 264 valence electrons. The Hall–Kier alpha value is -3.75. The third kappa shape index (κ3) is 7.45. The van der Waals surface area contributed by atoms with Gasteiger partial charge in [-0.15, -0.1) is 11.3 Å². The van der Waals surface area contributed by atoms with Crippen LogP contribution >= 0.6 is 23.1 Å². The van der Waals surface area contributed by atoms with E-state index in [0.717, 1.165) is 68.2 Å². The molecule has 1 aromatic heterocycles. The lowest BCUT2D eigenvalue weighted by molar-refractivity contribution is -0.0422. The van der Waals surface area contributed by atoms with E-state index in [2.05, 4.69) is 44.2 Å². The molecule has 0 radical (unpaired) electrons. The van der Waals surface area contributed by atoms with Crippen LogP contribution in [0, 0.1) is 5.41 Å². The molecule has 0 amide bonds. The molecule has 1 saturated carbocycles. The molecule has 4 aromatic carbocycles. The lowest BCUT2D eigenvalue weighted by Crippen LogP contribution is -2.46. The molecule has 0 aliphatic heterocycles. The minimum atomic E-state index is -0.970. The summed E-state index contributed by atoms with van der Waals surface area (Å²) < 4.78 is 7.73. The normalized spacial score (nSPS) is 23.8. The number of ketones is 1. The van der Waals surface area contributed by atoms with Crippen molar-refractivity contribution in [1.29, 1.82) is 0 Å². The number of aliphatic hydroxyl groups excluding tert-OH is 1. The summed E-state index contributed by atoms with van der Waals surface area (Å²) in [6.07, 6.45) is 6.83. The number of aliphatic hydroxyl groups is 2. The smallest absolute Gasteiger partial charge is 0.193 e. The van der Waals surface area contributed by atoms with Gasteiger partial charge in [0, 0.05) is 22.3 Å². The summed E-state index contributed by atoms with van der Waals surface area (Å²) in [6, 6.07) is 30.3. The molecule has 4 atom stereocenters. The van der Waals surface area contributed by atoms with E-state index < -0.39 is 17.1 Å². The number of hydrogen-bond donors (Lipinski definition) is 2. The van der Waals surface area contributed by atoms with Gasteiger partial charge in [0.1, 0.15) is 5.75 Å². The number of nitrogens with zero attached hydrogens (tertiary/aromatic N) is 1. The summed E-state index contributed by atoms with van der Waals surface area (Å²) in [5.74, 6) is 1.33. The Morgan fingerprint density at radius 3 is 2.55 bits per heavy atom. The highest BCUT2D eigenvalue weighted by Gasteiger charge is 2.56. The van der Waals surface area contributed by atoms with Crippen LogP contribution in [0.3, 0.4) is 0 Å². The molecule has 3 aliphatic rings. The number of benzene rings is 4. The number of ether oxygens (including phenoxy) is 1. The van der Waals surface area contributed by atoms with Crippen LogP contribution in [-0.2, 0) is 6.42 Å². The number of carbonyl (C=O) groups is 1. The number of thiazole rings is 1. The third-order valence-corrected chi connectivity index (χ3v) is 13.6. The number of allylic oxidation sites excluding steroid dienone is 2. The van der Waals surface area contributed by atoms with E-state index in [-0.39, 0.29) is 11.7 Å². The van der Waals surface area contributed by atoms with Gasteiger partial charge in [-0.05, 0) is 111 Å². The molecule has 3 aliphatic carbocycles. The topological polar surface area (TPSA) is 79.7 Å². The van der Waals surface area contributed by atoms with Gasteiger partial charge in [-0.25, -0.2) is 4.98 Å². The fraction of sp³-hybridized carbons (Fsp3) is 0.364. The van der Waals surface area contributed by atoms with Gasteiger partial charge < -0.3 is 14.9 Å². The van der Waals surface area contributed by atoms with Crippen LogP contribution < -0.4 is 4.74 Å². The van der Waals surface area contributed by atoms with Gasteiger partial charge in [-0.1, -0.05) is 97.1 Å². The van der Waals surface area contributed by atoms with Crippen molar-refractivity contribution in [3.05, 3.63) is 125 Å². The third-order valence-electron chi connectivity index (χ3n) is 11.3. The second-order valence-corrected chi connectivity index (χ2v) is 16.8. The standard InChI is InChI=1S/C44H47NO4S2/c1-4-49-35-19-21-39-40(27-35)51-42(45-39)50-28-44(48)24-22-38-36-20-13-30(25-34(46)18-12-29(2)9-8-23-43(38,44)3)26-37(36)41(47)33-16-14-32(15-17-33)31-10-6-5-7-11-31/h5-7,9-11,13-17,19-21,26-27,34,38,46,48H,4,8,12,18,22-25,28H2,1-3H3/t34-,38-,43-,44+/m0/s1. The van der Waals surface area contributed by atoms with E-state index in [9.17, 15) is 15.0 Å². The van der Waals surface area contributed by atoms with Crippen molar-refractivity contribution >= 4 is 39.1 Å².